The van der Waals surface area contributed by atoms with Crippen LogP contribution in [0.5, 0.6) is 11.5 Å². The maximum absolute atomic E-state index is 12.8. The molecule has 0 spiro atoms. The zero-order chi connectivity index (χ0) is 24.0. The second-order valence-electron chi connectivity index (χ2n) is 7.40. The summed E-state index contributed by atoms with van der Waals surface area (Å²) in [7, 11) is -2.37. The zero-order valence-corrected chi connectivity index (χ0v) is 18.6. The number of hydrogen-bond donors (Lipinski definition) is 1. The monoisotopic (exact) mass is 479 g/mol. The maximum Gasteiger partial charge on any atom is 0.387 e. The van der Waals surface area contributed by atoms with Gasteiger partial charge >= 0.3 is 6.61 Å². The Hall–Kier alpha value is -3.23. The minimum absolute atomic E-state index is 0.103. The van der Waals surface area contributed by atoms with Crippen molar-refractivity contribution in [1.29, 1.82) is 5.26 Å². The zero-order valence-electron chi connectivity index (χ0n) is 17.8. The number of ether oxygens (including phenoxy) is 2. The van der Waals surface area contributed by atoms with E-state index >= 15 is 0 Å². The fraction of sp³-hybridized carbons (Fsp3) is 0.364. The number of nitrogens with one attached hydrogen (secondary N) is 1. The van der Waals surface area contributed by atoms with Crippen molar-refractivity contribution in [3.8, 4) is 17.6 Å². The van der Waals surface area contributed by atoms with E-state index in [9.17, 15) is 22.0 Å². The highest BCUT2D eigenvalue weighted by Crippen LogP contribution is 2.30. The minimum Gasteiger partial charge on any atom is -0.493 e. The third kappa shape index (κ3) is 5.97. The summed E-state index contributed by atoms with van der Waals surface area (Å²) in [6, 6.07) is 12.1. The number of halogens is 2. The Bertz CT molecular complexity index is 1130. The number of benzene rings is 2. The van der Waals surface area contributed by atoms with E-state index in [1.807, 2.05) is 6.07 Å². The van der Waals surface area contributed by atoms with Gasteiger partial charge in [0.25, 0.3) is 0 Å². The molecule has 1 fully saturated rings. The van der Waals surface area contributed by atoms with Crippen LogP contribution in [0.15, 0.2) is 47.4 Å². The number of carbonyl (C=O) groups excluding carboxylic acids is 1. The highest BCUT2D eigenvalue weighted by molar-refractivity contribution is 7.89. The number of methoxy groups -OCH3 is 1. The molecule has 8 nitrogen and oxygen atoms in total. The molecule has 0 atom stereocenters. The molecule has 1 heterocycles. The van der Waals surface area contributed by atoms with Gasteiger partial charge in [-0.2, -0.15) is 18.3 Å². The average Bonchev–Trinajstić information content (AvgIpc) is 2.82. The highest BCUT2D eigenvalue weighted by atomic mass is 32.2. The fourth-order valence-corrected chi connectivity index (χ4v) is 5.03. The van der Waals surface area contributed by atoms with Gasteiger partial charge in [0.2, 0.25) is 15.9 Å². The molecule has 0 bridgehead atoms. The number of alkyl halides is 2. The van der Waals surface area contributed by atoms with E-state index in [2.05, 4.69) is 10.1 Å². The van der Waals surface area contributed by atoms with Crippen LogP contribution in [0.25, 0.3) is 0 Å². The Labute approximate surface area is 190 Å². The van der Waals surface area contributed by atoms with Gasteiger partial charge in [-0.05, 0) is 54.8 Å². The van der Waals surface area contributed by atoms with Gasteiger partial charge in [-0.15, -0.1) is 0 Å². The first-order valence-electron chi connectivity index (χ1n) is 10.1. The molecule has 1 aliphatic rings. The van der Waals surface area contributed by atoms with Crippen LogP contribution in [0.1, 0.15) is 24.0 Å². The first kappa shape index (κ1) is 24.4. The van der Waals surface area contributed by atoms with Gasteiger partial charge in [0.05, 0.1) is 23.6 Å². The third-order valence-electron chi connectivity index (χ3n) is 5.36. The normalized spacial score (nSPS) is 15.1. The van der Waals surface area contributed by atoms with Gasteiger partial charge in [0.15, 0.2) is 11.5 Å². The molecule has 2 aromatic rings. The minimum atomic E-state index is -3.71. The topological polar surface area (TPSA) is 109 Å². The van der Waals surface area contributed by atoms with Gasteiger partial charge < -0.3 is 14.8 Å². The largest absolute Gasteiger partial charge is 0.493 e. The molecule has 2 aromatic carbocycles. The average molecular weight is 480 g/mol. The molecule has 3 rings (SSSR count). The predicted octanol–water partition coefficient (Wildman–Crippen LogP) is 2.89. The lowest BCUT2D eigenvalue weighted by Crippen LogP contribution is -2.42. The number of carbonyl (C=O) groups is 1. The molecule has 33 heavy (non-hydrogen) atoms. The maximum atomic E-state index is 12.8. The number of hydrogen-bond acceptors (Lipinski definition) is 6. The molecular weight excluding hydrogens is 456 g/mol. The van der Waals surface area contributed by atoms with Crippen LogP contribution in [0.2, 0.25) is 0 Å². The van der Waals surface area contributed by atoms with Crippen LogP contribution in [0.4, 0.5) is 8.78 Å². The van der Waals surface area contributed by atoms with Crippen molar-refractivity contribution in [1.82, 2.24) is 9.62 Å². The van der Waals surface area contributed by atoms with Crippen LogP contribution in [0.3, 0.4) is 0 Å². The van der Waals surface area contributed by atoms with E-state index < -0.39 is 16.6 Å². The molecule has 0 aliphatic carbocycles. The summed E-state index contributed by atoms with van der Waals surface area (Å²) in [5.74, 6) is -0.577. The van der Waals surface area contributed by atoms with Crippen molar-refractivity contribution >= 4 is 15.9 Å². The first-order valence-corrected chi connectivity index (χ1v) is 11.6. The van der Waals surface area contributed by atoms with Crippen LogP contribution >= 0.6 is 0 Å². The molecule has 176 valence electrons. The molecule has 1 aliphatic heterocycles. The predicted molar refractivity (Wildman–Crippen MR) is 114 cm³/mol. The Balaban J connectivity index is 1.56. The summed E-state index contributed by atoms with van der Waals surface area (Å²) in [6.07, 6.45) is 0.702. The van der Waals surface area contributed by atoms with Crippen LogP contribution < -0.4 is 14.8 Å². The van der Waals surface area contributed by atoms with Crippen molar-refractivity contribution in [2.45, 2.75) is 30.9 Å². The molecule has 1 amide bonds. The molecule has 1 saturated heterocycles. The van der Waals surface area contributed by atoms with Crippen LogP contribution in [-0.4, -0.2) is 45.4 Å². The van der Waals surface area contributed by atoms with Crippen molar-refractivity contribution in [3.63, 3.8) is 0 Å². The van der Waals surface area contributed by atoms with E-state index in [4.69, 9.17) is 10.00 Å². The quantitative estimate of drug-likeness (QED) is 0.624. The standard InChI is InChI=1S/C22H23F2N3O5S/c1-31-19-7-4-16(12-20(19)32-22(23)24)14-26-21(28)17-8-10-27(11-9-17)33(29,30)18-5-2-15(13-25)3-6-18/h2-7,12,17,22H,8-11,14H2,1H3,(H,26,28). The number of piperidine rings is 1. The molecule has 11 heteroatoms. The van der Waals surface area contributed by atoms with Crippen molar-refractivity contribution in [2.24, 2.45) is 5.92 Å². The Morgan fingerprint density at radius 2 is 1.85 bits per heavy atom. The van der Waals surface area contributed by atoms with Gasteiger partial charge in [-0.1, -0.05) is 6.07 Å². The molecule has 0 saturated carbocycles. The van der Waals surface area contributed by atoms with Crippen molar-refractivity contribution < 1.29 is 31.5 Å². The number of rotatable bonds is 8. The fourth-order valence-electron chi connectivity index (χ4n) is 3.56. The lowest BCUT2D eigenvalue weighted by molar-refractivity contribution is -0.126. The Morgan fingerprint density at radius 1 is 1.18 bits per heavy atom. The highest BCUT2D eigenvalue weighted by Gasteiger charge is 2.32. The van der Waals surface area contributed by atoms with Crippen LogP contribution in [0, 0.1) is 17.2 Å². The van der Waals surface area contributed by atoms with Crippen LogP contribution in [-0.2, 0) is 21.4 Å². The van der Waals surface area contributed by atoms with E-state index in [0.717, 1.165) is 0 Å². The number of nitriles is 1. The lowest BCUT2D eigenvalue weighted by Gasteiger charge is -2.30. The molecule has 0 radical (unpaired) electrons. The molecule has 0 aromatic heterocycles. The number of amides is 1. The second-order valence-corrected chi connectivity index (χ2v) is 9.33. The number of nitrogens with zero attached hydrogens (tertiary/aromatic N) is 2. The van der Waals surface area contributed by atoms with Crippen molar-refractivity contribution in [2.75, 3.05) is 20.2 Å². The summed E-state index contributed by atoms with van der Waals surface area (Å²) in [4.78, 5) is 12.7. The smallest absolute Gasteiger partial charge is 0.387 e. The molecule has 1 N–H and O–H groups in total. The summed E-state index contributed by atoms with van der Waals surface area (Å²) in [5.41, 5.74) is 0.926. The van der Waals surface area contributed by atoms with Gasteiger partial charge in [-0.3, -0.25) is 4.79 Å². The van der Waals surface area contributed by atoms with E-state index in [0.29, 0.717) is 24.0 Å². The molecular formula is C22H23F2N3O5S. The van der Waals surface area contributed by atoms with E-state index in [1.54, 1.807) is 6.07 Å². The lowest BCUT2D eigenvalue weighted by atomic mass is 9.97. The second kappa shape index (κ2) is 10.6. The Kier molecular flexibility index (Phi) is 7.84. The summed E-state index contributed by atoms with van der Waals surface area (Å²) >= 11 is 0. The third-order valence-corrected chi connectivity index (χ3v) is 7.27. The van der Waals surface area contributed by atoms with Gasteiger partial charge in [0.1, 0.15) is 0 Å². The van der Waals surface area contributed by atoms with Gasteiger partial charge in [-0.25, -0.2) is 8.42 Å². The summed E-state index contributed by atoms with van der Waals surface area (Å²) < 4.78 is 61.5. The van der Waals surface area contributed by atoms with Gasteiger partial charge in [0, 0.05) is 25.6 Å². The first-order chi connectivity index (χ1) is 15.7. The summed E-state index contributed by atoms with van der Waals surface area (Å²) in [5, 5.41) is 11.6. The van der Waals surface area contributed by atoms with Crippen molar-refractivity contribution in [3.05, 3.63) is 53.6 Å². The summed E-state index contributed by atoms with van der Waals surface area (Å²) in [6.45, 7) is -2.52. The molecule has 0 unspecified atom stereocenters. The van der Waals surface area contributed by atoms with E-state index in [-0.39, 0.29) is 47.9 Å². The number of sulfonamides is 1. The Morgan fingerprint density at radius 3 is 2.42 bits per heavy atom. The van der Waals surface area contributed by atoms with E-state index in [1.165, 1.54) is 47.8 Å². The SMILES string of the molecule is COc1ccc(CNC(=O)C2CCN(S(=O)(=O)c3ccc(C#N)cc3)CC2)cc1OC(F)F.